The van der Waals surface area contributed by atoms with Crippen molar-refractivity contribution in [2.75, 3.05) is 7.11 Å². The van der Waals surface area contributed by atoms with Gasteiger partial charge >= 0.3 is 0 Å². The number of aromatic amines is 1. The lowest BCUT2D eigenvalue weighted by atomic mass is 9.89. The number of hydrogen-bond acceptors (Lipinski definition) is 4. The van der Waals surface area contributed by atoms with Crippen molar-refractivity contribution in [2.24, 2.45) is 0 Å². The Kier molecular flexibility index (Phi) is 5.52. The molecule has 168 valence electrons. The van der Waals surface area contributed by atoms with Crippen molar-refractivity contribution in [1.29, 1.82) is 0 Å². The number of para-hydroxylation sites is 2. The normalized spacial score (nSPS) is 17.5. The Labute approximate surface area is 192 Å². The fourth-order valence-electron chi connectivity index (χ4n) is 4.74. The zero-order chi connectivity index (χ0) is 22.9. The number of nitrogens with two attached hydrogens (primary N) is 1. The number of aliphatic carboxylic acids is 1. The minimum Gasteiger partial charge on any atom is -0.544 e. The predicted molar refractivity (Wildman–Crippen MR) is 123 cm³/mol. The summed E-state index contributed by atoms with van der Waals surface area (Å²) < 4.78 is 11.7. The van der Waals surface area contributed by atoms with Crippen LogP contribution in [0.2, 0.25) is 0 Å². The number of carboxylic acid groups (broad SMARTS) is 1. The van der Waals surface area contributed by atoms with E-state index in [0.29, 0.717) is 13.0 Å². The average molecular weight is 443 g/mol. The largest absolute Gasteiger partial charge is 0.544 e. The zero-order valence-electron chi connectivity index (χ0n) is 18.6. The van der Waals surface area contributed by atoms with Gasteiger partial charge in [0.1, 0.15) is 24.1 Å². The summed E-state index contributed by atoms with van der Waals surface area (Å²) in [6.45, 7) is 2.36. The molecule has 0 spiro atoms. The van der Waals surface area contributed by atoms with E-state index in [1.165, 1.54) is 0 Å². The van der Waals surface area contributed by atoms with E-state index in [4.69, 9.17) is 9.47 Å². The molecule has 0 fully saturated rings. The standard InChI is InChI=1S/C27H26N2O4/c1-16-7-3-6-10-23(16)33-15-18-13-17(11-12-24(18)32-2)25-26-20(14-22(29-25)27(30)31)19-8-4-5-9-21(19)28-26/h3-13,22,25,28-29H,14-15H2,1-2H3,(H,30,31)/t22-,25+/m1/s1. The number of fused-ring (bicyclic) bond motifs is 3. The maximum absolute atomic E-state index is 11.9. The van der Waals surface area contributed by atoms with Crippen LogP contribution in [0.4, 0.5) is 0 Å². The first-order valence-corrected chi connectivity index (χ1v) is 11.1. The Hall–Kier alpha value is -3.77. The van der Waals surface area contributed by atoms with Crippen LogP contribution in [0.3, 0.4) is 0 Å². The Morgan fingerprint density at radius 1 is 1.09 bits per heavy atom. The van der Waals surface area contributed by atoms with Crippen molar-refractivity contribution in [3.05, 3.63) is 94.7 Å². The van der Waals surface area contributed by atoms with Gasteiger partial charge in [-0.3, -0.25) is 0 Å². The predicted octanol–water partition coefficient (Wildman–Crippen LogP) is 2.39. The number of carbonyl (C=O) groups is 1. The molecule has 3 aromatic carbocycles. The molecule has 5 rings (SSSR count). The third-order valence-electron chi connectivity index (χ3n) is 6.45. The number of H-pyrrole nitrogens is 1. The van der Waals surface area contributed by atoms with Crippen LogP contribution in [0.1, 0.15) is 34.0 Å². The summed E-state index contributed by atoms with van der Waals surface area (Å²) in [6, 6.07) is 21.0. The van der Waals surface area contributed by atoms with Crippen molar-refractivity contribution < 1.29 is 24.7 Å². The van der Waals surface area contributed by atoms with Gasteiger partial charge in [0.25, 0.3) is 0 Å². The number of methoxy groups -OCH3 is 1. The van der Waals surface area contributed by atoms with E-state index in [2.05, 4.69) is 4.98 Å². The molecule has 1 aliphatic heterocycles. The van der Waals surface area contributed by atoms with E-state index in [0.717, 1.165) is 50.3 Å². The molecule has 33 heavy (non-hydrogen) atoms. The molecule has 3 N–H and O–H groups in total. The van der Waals surface area contributed by atoms with Crippen LogP contribution in [0, 0.1) is 6.92 Å². The molecule has 1 aliphatic rings. The van der Waals surface area contributed by atoms with Gasteiger partial charge in [-0.25, -0.2) is 0 Å². The lowest BCUT2D eigenvalue weighted by Gasteiger charge is -2.29. The molecule has 2 atom stereocenters. The summed E-state index contributed by atoms with van der Waals surface area (Å²) in [5.74, 6) is 0.508. The van der Waals surface area contributed by atoms with Crippen LogP contribution in [0.25, 0.3) is 10.9 Å². The summed E-state index contributed by atoms with van der Waals surface area (Å²) >= 11 is 0. The quantitative estimate of drug-likeness (QED) is 0.480. The van der Waals surface area contributed by atoms with E-state index in [9.17, 15) is 9.90 Å². The highest BCUT2D eigenvalue weighted by molar-refractivity contribution is 5.86. The fourth-order valence-corrected chi connectivity index (χ4v) is 4.74. The van der Waals surface area contributed by atoms with Crippen molar-refractivity contribution in [1.82, 2.24) is 4.98 Å². The molecule has 0 bridgehead atoms. The van der Waals surface area contributed by atoms with Crippen molar-refractivity contribution in [3.63, 3.8) is 0 Å². The van der Waals surface area contributed by atoms with E-state index < -0.39 is 12.0 Å². The van der Waals surface area contributed by atoms with Gasteiger partial charge in [0.15, 0.2) is 6.04 Å². The number of ether oxygens (including phenoxy) is 2. The second-order valence-electron chi connectivity index (χ2n) is 8.49. The summed E-state index contributed by atoms with van der Waals surface area (Å²) in [7, 11) is 1.64. The minimum absolute atomic E-state index is 0.202. The van der Waals surface area contributed by atoms with Crippen molar-refractivity contribution in [2.45, 2.75) is 32.0 Å². The van der Waals surface area contributed by atoms with Crippen LogP contribution in [-0.2, 0) is 17.8 Å². The van der Waals surface area contributed by atoms with Gasteiger partial charge in [-0.05, 0) is 48.4 Å². The first kappa shape index (κ1) is 21.1. The Morgan fingerprint density at radius 2 is 1.88 bits per heavy atom. The molecule has 2 heterocycles. The number of hydrogen-bond donors (Lipinski definition) is 2. The monoisotopic (exact) mass is 442 g/mol. The molecule has 0 aliphatic carbocycles. The number of nitrogens with one attached hydrogen (secondary N) is 1. The minimum atomic E-state index is -1.05. The number of carbonyl (C=O) groups excluding carboxylic acids is 1. The molecule has 1 aromatic heterocycles. The maximum Gasteiger partial charge on any atom is 0.153 e. The molecule has 6 nitrogen and oxygen atoms in total. The lowest BCUT2D eigenvalue weighted by Crippen LogP contribution is -2.95. The van der Waals surface area contributed by atoms with Crippen LogP contribution in [0.5, 0.6) is 11.5 Å². The molecule has 0 amide bonds. The number of rotatable bonds is 6. The van der Waals surface area contributed by atoms with E-state index in [1.807, 2.05) is 79.0 Å². The number of benzene rings is 3. The summed E-state index contributed by atoms with van der Waals surface area (Å²) in [5.41, 5.74) is 6.03. The topological polar surface area (TPSA) is 91.0 Å². The van der Waals surface area contributed by atoms with Gasteiger partial charge in [0.2, 0.25) is 0 Å². The smallest absolute Gasteiger partial charge is 0.153 e. The van der Waals surface area contributed by atoms with Crippen LogP contribution in [-0.4, -0.2) is 24.1 Å². The highest BCUT2D eigenvalue weighted by Gasteiger charge is 2.35. The zero-order valence-corrected chi connectivity index (χ0v) is 18.6. The van der Waals surface area contributed by atoms with Crippen LogP contribution in [0.15, 0.2) is 66.7 Å². The maximum atomic E-state index is 11.9. The Morgan fingerprint density at radius 3 is 2.67 bits per heavy atom. The molecule has 0 saturated heterocycles. The molecule has 4 aromatic rings. The number of aromatic nitrogens is 1. The molecular formula is C27H26N2O4. The van der Waals surface area contributed by atoms with Crippen LogP contribution >= 0.6 is 0 Å². The highest BCUT2D eigenvalue weighted by atomic mass is 16.5. The molecule has 6 heteroatoms. The first-order chi connectivity index (χ1) is 16.0. The van der Waals surface area contributed by atoms with Gasteiger partial charge in [0.05, 0.1) is 18.8 Å². The van der Waals surface area contributed by atoms with E-state index in [1.54, 1.807) is 7.11 Å². The summed E-state index contributed by atoms with van der Waals surface area (Å²) in [4.78, 5) is 15.4. The SMILES string of the molecule is COc1ccc([C@@H]2[NH2+][C@@H](C(=O)[O-])Cc3c2[nH]c2ccccc32)cc1COc1ccccc1C. The van der Waals surface area contributed by atoms with Gasteiger partial charge in [-0.2, -0.15) is 0 Å². The molecular weight excluding hydrogens is 416 g/mol. The number of quaternary nitrogens is 1. The Bertz CT molecular complexity index is 1330. The van der Waals surface area contributed by atoms with E-state index in [-0.39, 0.29) is 6.04 Å². The molecule has 0 radical (unpaired) electrons. The van der Waals surface area contributed by atoms with E-state index >= 15 is 0 Å². The van der Waals surface area contributed by atoms with Gasteiger partial charge < -0.3 is 29.7 Å². The number of aryl methyl sites for hydroxylation is 1. The van der Waals surface area contributed by atoms with Gasteiger partial charge in [-0.15, -0.1) is 0 Å². The molecule has 0 saturated carbocycles. The van der Waals surface area contributed by atoms with Crippen molar-refractivity contribution >= 4 is 16.9 Å². The highest BCUT2D eigenvalue weighted by Crippen LogP contribution is 2.33. The van der Waals surface area contributed by atoms with Crippen LogP contribution < -0.4 is 19.9 Å². The first-order valence-electron chi connectivity index (χ1n) is 11.1. The lowest BCUT2D eigenvalue weighted by molar-refractivity contribution is -0.717. The second kappa shape index (κ2) is 8.64. The fraction of sp³-hybridized carbons (Fsp3) is 0.222. The second-order valence-corrected chi connectivity index (χ2v) is 8.49. The number of carboxylic acids is 1. The summed E-state index contributed by atoms with van der Waals surface area (Å²) in [6.07, 6.45) is 0.428. The third-order valence-corrected chi connectivity index (χ3v) is 6.45. The van der Waals surface area contributed by atoms with Gasteiger partial charge in [0, 0.05) is 28.5 Å². The molecule has 0 unspecified atom stereocenters. The van der Waals surface area contributed by atoms with Gasteiger partial charge in [-0.1, -0.05) is 36.4 Å². The third kappa shape index (κ3) is 3.94. The average Bonchev–Trinajstić information content (AvgIpc) is 3.21. The van der Waals surface area contributed by atoms with Crippen molar-refractivity contribution in [3.8, 4) is 11.5 Å². The Balaban J connectivity index is 1.54. The summed E-state index contributed by atoms with van der Waals surface area (Å²) in [5, 5.41) is 14.8.